The van der Waals surface area contributed by atoms with Gasteiger partial charge in [0.1, 0.15) is 17.6 Å². The molecule has 7 nitrogen and oxygen atoms in total. The summed E-state index contributed by atoms with van der Waals surface area (Å²) >= 11 is 0. The monoisotopic (exact) mass is 256 g/mol. The number of benzene rings is 1. The Kier molecular flexibility index (Phi) is 3.25. The number of para-hydroxylation sites is 1. The smallest absolute Gasteiger partial charge is 0.278 e. The van der Waals surface area contributed by atoms with Crippen LogP contribution in [0.3, 0.4) is 0 Å². The van der Waals surface area contributed by atoms with Gasteiger partial charge >= 0.3 is 0 Å². The van der Waals surface area contributed by atoms with Crippen molar-refractivity contribution in [3.8, 4) is 17.7 Å². The van der Waals surface area contributed by atoms with E-state index in [4.69, 9.17) is 15.7 Å². The number of anilines is 1. The maximum atomic E-state index is 10.7. The van der Waals surface area contributed by atoms with Gasteiger partial charge in [0.15, 0.2) is 0 Å². The zero-order chi connectivity index (χ0) is 13.8. The molecule has 0 atom stereocenters. The molecule has 2 rings (SSSR count). The predicted molar refractivity (Wildman–Crippen MR) is 66.5 cm³/mol. The lowest BCUT2D eigenvalue weighted by Gasteiger charge is -2.06. The molecule has 0 aliphatic carbocycles. The zero-order valence-corrected chi connectivity index (χ0v) is 9.61. The van der Waals surface area contributed by atoms with Crippen LogP contribution < -0.4 is 10.5 Å². The van der Waals surface area contributed by atoms with Crippen LogP contribution in [0.1, 0.15) is 5.56 Å². The van der Waals surface area contributed by atoms with Crippen LogP contribution in [-0.2, 0) is 0 Å². The van der Waals surface area contributed by atoms with Gasteiger partial charge in [-0.3, -0.25) is 10.1 Å². The second-order valence-corrected chi connectivity index (χ2v) is 3.56. The zero-order valence-electron chi connectivity index (χ0n) is 9.61. The number of hydrogen-bond acceptors (Lipinski definition) is 6. The van der Waals surface area contributed by atoms with Crippen molar-refractivity contribution in [1.82, 2.24) is 4.98 Å². The number of nitro groups is 1. The van der Waals surface area contributed by atoms with Gasteiger partial charge in [0.05, 0.1) is 22.6 Å². The van der Waals surface area contributed by atoms with Crippen molar-refractivity contribution in [2.45, 2.75) is 0 Å². The Labute approximate surface area is 108 Å². The van der Waals surface area contributed by atoms with Gasteiger partial charge in [-0.1, -0.05) is 12.1 Å². The molecule has 0 aliphatic heterocycles. The van der Waals surface area contributed by atoms with Crippen LogP contribution in [0.4, 0.5) is 11.5 Å². The first-order valence-electron chi connectivity index (χ1n) is 5.19. The molecule has 0 radical (unpaired) electrons. The lowest BCUT2D eigenvalue weighted by molar-refractivity contribution is -0.384. The average molecular weight is 256 g/mol. The van der Waals surface area contributed by atoms with Crippen LogP contribution in [0.2, 0.25) is 0 Å². The lowest BCUT2D eigenvalue weighted by atomic mass is 10.2. The molecular formula is C12H8N4O3. The number of ether oxygens (including phenoxy) is 1. The second-order valence-electron chi connectivity index (χ2n) is 3.56. The first kappa shape index (κ1) is 12.3. The molecular weight excluding hydrogens is 248 g/mol. The summed E-state index contributed by atoms with van der Waals surface area (Å²) in [6.07, 6.45) is 0. The lowest BCUT2D eigenvalue weighted by Crippen LogP contribution is -1.98. The normalized spacial score (nSPS) is 9.63. The van der Waals surface area contributed by atoms with Gasteiger partial charge in [-0.25, -0.2) is 0 Å². The van der Waals surface area contributed by atoms with E-state index in [-0.39, 0.29) is 23.1 Å². The summed E-state index contributed by atoms with van der Waals surface area (Å²) in [6.45, 7) is 0. The molecule has 0 bridgehead atoms. The third-order valence-corrected chi connectivity index (χ3v) is 2.24. The van der Waals surface area contributed by atoms with Crippen molar-refractivity contribution >= 4 is 11.5 Å². The van der Waals surface area contributed by atoms with Crippen molar-refractivity contribution in [3.63, 3.8) is 0 Å². The summed E-state index contributed by atoms with van der Waals surface area (Å²) in [6, 6.07) is 10.7. The highest BCUT2D eigenvalue weighted by Gasteiger charge is 2.12. The minimum Gasteiger partial charge on any atom is -0.437 e. The number of nitriles is 1. The molecule has 1 heterocycles. The molecule has 1 aromatic heterocycles. The molecule has 0 unspecified atom stereocenters. The standard InChI is InChI=1S/C12H8N4O3/c13-7-8-3-1-2-4-10(8)19-12-6-9(16(17)18)5-11(14)15-12/h1-6H,(H2,14,15). The molecule has 0 saturated carbocycles. The highest BCUT2D eigenvalue weighted by atomic mass is 16.6. The number of nitrogens with zero attached hydrogens (tertiary/aromatic N) is 3. The second kappa shape index (κ2) is 5.01. The number of rotatable bonds is 3. The van der Waals surface area contributed by atoms with E-state index < -0.39 is 4.92 Å². The highest BCUT2D eigenvalue weighted by Crippen LogP contribution is 2.27. The maximum absolute atomic E-state index is 10.7. The third kappa shape index (κ3) is 2.76. The Morgan fingerprint density at radius 3 is 2.79 bits per heavy atom. The highest BCUT2D eigenvalue weighted by molar-refractivity contribution is 5.48. The molecule has 0 amide bonds. The third-order valence-electron chi connectivity index (χ3n) is 2.24. The van der Waals surface area contributed by atoms with Gasteiger partial charge in [0.25, 0.3) is 5.69 Å². The van der Waals surface area contributed by atoms with Crippen molar-refractivity contribution in [2.24, 2.45) is 0 Å². The molecule has 2 N–H and O–H groups in total. The summed E-state index contributed by atoms with van der Waals surface area (Å²) in [7, 11) is 0. The first-order valence-corrected chi connectivity index (χ1v) is 5.19. The quantitative estimate of drug-likeness (QED) is 0.665. The summed E-state index contributed by atoms with van der Waals surface area (Å²) in [5, 5.41) is 19.6. The minimum absolute atomic E-state index is 0.0290. The molecule has 0 fully saturated rings. The predicted octanol–water partition coefficient (Wildman–Crippen LogP) is 2.24. The number of pyridine rings is 1. The van der Waals surface area contributed by atoms with E-state index in [1.807, 2.05) is 6.07 Å². The van der Waals surface area contributed by atoms with Crippen molar-refractivity contribution < 1.29 is 9.66 Å². The molecule has 0 saturated heterocycles. The van der Waals surface area contributed by atoms with Gasteiger partial charge in [-0.05, 0) is 12.1 Å². The molecule has 2 aromatic rings. The SMILES string of the molecule is N#Cc1ccccc1Oc1cc([N+](=O)[O-])cc(N)n1. The van der Waals surface area contributed by atoms with Crippen molar-refractivity contribution in [1.29, 1.82) is 5.26 Å². The Morgan fingerprint density at radius 2 is 2.11 bits per heavy atom. The summed E-state index contributed by atoms with van der Waals surface area (Å²) < 4.78 is 5.35. The topological polar surface area (TPSA) is 115 Å². The van der Waals surface area contributed by atoms with Crippen LogP contribution in [0.25, 0.3) is 0 Å². The van der Waals surface area contributed by atoms with Crippen molar-refractivity contribution in [3.05, 3.63) is 52.1 Å². The summed E-state index contributed by atoms with van der Waals surface area (Å²) in [5.74, 6) is 0.199. The fourth-order valence-corrected chi connectivity index (χ4v) is 1.43. The summed E-state index contributed by atoms with van der Waals surface area (Å²) in [4.78, 5) is 13.9. The van der Waals surface area contributed by atoms with Crippen LogP contribution in [-0.4, -0.2) is 9.91 Å². The van der Waals surface area contributed by atoms with E-state index in [9.17, 15) is 10.1 Å². The number of aromatic nitrogens is 1. The van der Waals surface area contributed by atoms with Crippen LogP contribution >= 0.6 is 0 Å². The van der Waals surface area contributed by atoms with Crippen LogP contribution in [0.15, 0.2) is 36.4 Å². The summed E-state index contributed by atoms with van der Waals surface area (Å²) in [5.41, 5.74) is 5.54. The number of nitrogens with two attached hydrogens (primary N) is 1. The fraction of sp³-hybridized carbons (Fsp3) is 0. The molecule has 1 aromatic carbocycles. The fourth-order valence-electron chi connectivity index (χ4n) is 1.43. The van der Waals surface area contributed by atoms with E-state index in [2.05, 4.69) is 4.98 Å². The van der Waals surface area contributed by atoms with E-state index in [1.54, 1.807) is 24.3 Å². The van der Waals surface area contributed by atoms with Gasteiger partial charge in [-0.15, -0.1) is 0 Å². The molecule has 7 heteroatoms. The molecule has 19 heavy (non-hydrogen) atoms. The van der Waals surface area contributed by atoms with Crippen LogP contribution in [0.5, 0.6) is 11.6 Å². The first-order chi connectivity index (χ1) is 9.10. The van der Waals surface area contributed by atoms with E-state index >= 15 is 0 Å². The minimum atomic E-state index is -0.596. The van der Waals surface area contributed by atoms with Gasteiger partial charge < -0.3 is 10.5 Å². The van der Waals surface area contributed by atoms with Crippen LogP contribution in [0, 0.1) is 21.4 Å². The molecule has 0 aliphatic rings. The Balaban J connectivity index is 2.39. The largest absolute Gasteiger partial charge is 0.437 e. The maximum Gasteiger partial charge on any atom is 0.278 e. The Bertz CT molecular complexity index is 679. The van der Waals surface area contributed by atoms with E-state index in [1.165, 1.54) is 0 Å². The Morgan fingerprint density at radius 1 is 1.37 bits per heavy atom. The van der Waals surface area contributed by atoms with Gasteiger partial charge in [0, 0.05) is 0 Å². The van der Waals surface area contributed by atoms with E-state index in [0.717, 1.165) is 12.1 Å². The molecule has 94 valence electrons. The van der Waals surface area contributed by atoms with Gasteiger partial charge in [-0.2, -0.15) is 10.2 Å². The van der Waals surface area contributed by atoms with Gasteiger partial charge in [0.2, 0.25) is 5.88 Å². The molecule has 0 spiro atoms. The number of hydrogen-bond donors (Lipinski definition) is 1. The number of nitrogen functional groups attached to an aromatic ring is 1. The van der Waals surface area contributed by atoms with E-state index in [0.29, 0.717) is 5.56 Å². The Hall–Kier alpha value is -3.14. The average Bonchev–Trinajstić information content (AvgIpc) is 2.38. The van der Waals surface area contributed by atoms with Crippen molar-refractivity contribution in [2.75, 3.05) is 5.73 Å².